The standard InChI is InChI=1S/C10H11NS.ClH/c1-6-4-5-9-10(7(6)2)11-8(3)12-9;/h4-5H,1-3H3;1H. The van der Waals surface area contributed by atoms with Gasteiger partial charge in [-0.05, 0) is 38.0 Å². The van der Waals surface area contributed by atoms with Crippen molar-refractivity contribution in [1.29, 1.82) is 0 Å². The molecule has 13 heavy (non-hydrogen) atoms. The number of halogens is 1. The topological polar surface area (TPSA) is 12.9 Å². The fourth-order valence-electron chi connectivity index (χ4n) is 1.34. The normalized spacial score (nSPS) is 10.1. The van der Waals surface area contributed by atoms with E-state index in [2.05, 4.69) is 37.9 Å². The second-order valence-electron chi connectivity index (χ2n) is 3.09. The van der Waals surface area contributed by atoms with Gasteiger partial charge in [-0.3, -0.25) is 0 Å². The number of thiazole rings is 1. The lowest BCUT2D eigenvalue weighted by molar-refractivity contribution is 1.30. The smallest absolute Gasteiger partial charge is 0.0907 e. The predicted molar refractivity (Wildman–Crippen MR) is 61.1 cm³/mol. The first-order valence-corrected chi connectivity index (χ1v) is 4.83. The number of aryl methyl sites for hydroxylation is 3. The monoisotopic (exact) mass is 213 g/mol. The Kier molecular flexibility index (Phi) is 2.94. The molecule has 0 amide bonds. The van der Waals surface area contributed by atoms with E-state index in [1.54, 1.807) is 11.3 Å². The molecular formula is C10H12ClNS. The molecule has 0 unspecified atom stereocenters. The Morgan fingerprint density at radius 1 is 1.15 bits per heavy atom. The second kappa shape index (κ2) is 3.64. The summed E-state index contributed by atoms with van der Waals surface area (Å²) < 4.78 is 1.30. The van der Waals surface area contributed by atoms with Crippen LogP contribution in [0.3, 0.4) is 0 Å². The lowest BCUT2D eigenvalue weighted by Gasteiger charge is -1.98. The quantitative estimate of drug-likeness (QED) is 0.651. The van der Waals surface area contributed by atoms with Crippen LogP contribution in [0.1, 0.15) is 16.1 Å². The molecule has 1 nitrogen and oxygen atoms in total. The highest BCUT2D eigenvalue weighted by molar-refractivity contribution is 7.18. The Morgan fingerprint density at radius 3 is 2.54 bits per heavy atom. The van der Waals surface area contributed by atoms with Crippen LogP contribution < -0.4 is 0 Å². The zero-order valence-electron chi connectivity index (χ0n) is 7.92. The first-order valence-electron chi connectivity index (χ1n) is 4.02. The fourth-order valence-corrected chi connectivity index (χ4v) is 2.22. The lowest BCUT2D eigenvalue weighted by Crippen LogP contribution is -1.81. The van der Waals surface area contributed by atoms with Crippen molar-refractivity contribution in [1.82, 2.24) is 4.98 Å². The van der Waals surface area contributed by atoms with E-state index < -0.39 is 0 Å². The number of hydrogen-bond acceptors (Lipinski definition) is 2. The third-order valence-corrected chi connectivity index (χ3v) is 3.13. The van der Waals surface area contributed by atoms with Gasteiger partial charge in [-0.15, -0.1) is 23.7 Å². The number of nitrogens with zero attached hydrogens (tertiary/aromatic N) is 1. The van der Waals surface area contributed by atoms with Crippen molar-refractivity contribution in [3.63, 3.8) is 0 Å². The Morgan fingerprint density at radius 2 is 1.85 bits per heavy atom. The highest BCUT2D eigenvalue weighted by Crippen LogP contribution is 2.25. The summed E-state index contributed by atoms with van der Waals surface area (Å²) in [7, 11) is 0. The first-order chi connectivity index (χ1) is 5.68. The summed E-state index contributed by atoms with van der Waals surface area (Å²) in [5.41, 5.74) is 3.82. The molecule has 3 heteroatoms. The summed E-state index contributed by atoms with van der Waals surface area (Å²) in [6, 6.07) is 4.32. The van der Waals surface area contributed by atoms with Gasteiger partial charge in [-0.1, -0.05) is 6.07 Å². The Hall–Kier alpha value is -0.600. The van der Waals surface area contributed by atoms with Crippen LogP contribution in [0.25, 0.3) is 10.2 Å². The summed E-state index contributed by atoms with van der Waals surface area (Å²) in [6.45, 7) is 6.32. The average molecular weight is 214 g/mol. The summed E-state index contributed by atoms with van der Waals surface area (Å²) in [6.07, 6.45) is 0. The second-order valence-corrected chi connectivity index (χ2v) is 4.32. The molecule has 0 saturated heterocycles. The maximum absolute atomic E-state index is 4.49. The molecule has 0 bridgehead atoms. The van der Waals surface area contributed by atoms with Gasteiger partial charge in [0.1, 0.15) is 0 Å². The van der Waals surface area contributed by atoms with E-state index in [4.69, 9.17) is 0 Å². The Labute approximate surface area is 88.2 Å². The van der Waals surface area contributed by atoms with Crippen LogP contribution in [-0.4, -0.2) is 4.98 Å². The van der Waals surface area contributed by atoms with Crippen molar-refractivity contribution < 1.29 is 0 Å². The van der Waals surface area contributed by atoms with Gasteiger partial charge in [0.25, 0.3) is 0 Å². The van der Waals surface area contributed by atoms with E-state index in [0.717, 1.165) is 5.01 Å². The maximum Gasteiger partial charge on any atom is 0.0907 e. The zero-order chi connectivity index (χ0) is 8.72. The molecule has 0 aliphatic carbocycles. The van der Waals surface area contributed by atoms with E-state index >= 15 is 0 Å². The van der Waals surface area contributed by atoms with Crippen LogP contribution in [0.15, 0.2) is 12.1 Å². The van der Waals surface area contributed by atoms with Crippen LogP contribution in [-0.2, 0) is 0 Å². The van der Waals surface area contributed by atoms with Gasteiger partial charge in [-0.2, -0.15) is 0 Å². The van der Waals surface area contributed by atoms with Crippen molar-refractivity contribution in [3.05, 3.63) is 28.3 Å². The Bertz CT molecular complexity index is 434. The van der Waals surface area contributed by atoms with E-state index in [1.165, 1.54) is 21.3 Å². The van der Waals surface area contributed by atoms with Gasteiger partial charge in [0, 0.05) is 0 Å². The van der Waals surface area contributed by atoms with Crippen molar-refractivity contribution in [2.45, 2.75) is 20.8 Å². The molecule has 0 fully saturated rings. The summed E-state index contributed by atoms with van der Waals surface area (Å²) in [5, 5.41) is 1.15. The van der Waals surface area contributed by atoms with E-state index in [1.807, 2.05) is 0 Å². The number of rotatable bonds is 0. The number of aromatic nitrogens is 1. The van der Waals surface area contributed by atoms with Gasteiger partial charge < -0.3 is 0 Å². The van der Waals surface area contributed by atoms with Crippen molar-refractivity contribution in [3.8, 4) is 0 Å². The van der Waals surface area contributed by atoms with Crippen LogP contribution in [0.5, 0.6) is 0 Å². The predicted octanol–water partition coefficient (Wildman–Crippen LogP) is 3.64. The molecule has 0 aliphatic rings. The van der Waals surface area contributed by atoms with E-state index in [-0.39, 0.29) is 12.4 Å². The van der Waals surface area contributed by atoms with E-state index in [0.29, 0.717) is 0 Å². The zero-order valence-corrected chi connectivity index (χ0v) is 9.55. The number of hydrogen-bond donors (Lipinski definition) is 0. The molecule has 0 atom stereocenters. The third kappa shape index (κ3) is 1.69. The van der Waals surface area contributed by atoms with Gasteiger partial charge in [-0.25, -0.2) is 4.98 Å². The maximum atomic E-state index is 4.49. The first kappa shape index (κ1) is 10.5. The molecule has 0 aliphatic heterocycles. The fraction of sp³-hybridized carbons (Fsp3) is 0.300. The molecule has 0 spiro atoms. The minimum absolute atomic E-state index is 0. The highest BCUT2D eigenvalue weighted by Gasteiger charge is 2.03. The number of benzene rings is 1. The highest BCUT2D eigenvalue weighted by atomic mass is 35.5. The van der Waals surface area contributed by atoms with Crippen LogP contribution >= 0.6 is 23.7 Å². The van der Waals surface area contributed by atoms with Crippen molar-refractivity contribution >= 4 is 34.0 Å². The summed E-state index contributed by atoms with van der Waals surface area (Å²) in [5.74, 6) is 0. The molecule has 0 saturated carbocycles. The molecule has 1 aromatic carbocycles. The summed E-state index contributed by atoms with van der Waals surface area (Å²) in [4.78, 5) is 4.49. The molecule has 1 aromatic heterocycles. The molecule has 1 heterocycles. The Balaban J connectivity index is 0.000000845. The van der Waals surface area contributed by atoms with Gasteiger partial charge in [0.2, 0.25) is 0 Å². The minimum atomic E-state index is 0. The van der Waals surface area contributed by atoms with Crippen LogP contribution in [0.2, 0.25) is 0 Å². The molecule has 2 aromatic rings. The van der Waals surface area contributed by atoms with Crippen LogP contribution in [0.4, 0.5) is 0 Å². The summed E-state index contributed by atoms with van der Waals surface area (Å²) >= 11 is 1.76. The molecule has 0 N–H and O–H groups in total. The molecule has 0 radical (unpaired) electrons. The van der Waals surface area contributed by atoms with Gasteiger partial charge >= 0.3 is 0 Å². The van der Waals surface area contributed by atoms with Crippen molar-refractivity contribution in [2.24, 2.45) is 0 Å². The van der Waals surface area contributed by atoms with Crippen LogP contribution in [0, 0.1) is 20.8 Å². The van der Waals surface area contributed by atoms with Gasteiger partial charge in [0.15, 0.2) is 0 Å². The molecular weight excluding hydrogens is 202 g/mol. The third-order valence-electron chi connectivity index (χ3n) is 2.19. The largest absolute Gasteiger partial charge is 0.241 e. The molecule has 70 valence electrons. The SMILES string of the molecule is Cc1nc2c(C)c(C)ccc2s1.Cl. The van der Waals surface area contributed by atoms with E-state index in [9.17, 15) is 0 Å². The van der Waals surface area contributed by atoms with Gasteiger partial charge in [0.05, 0.1) is 15.2 Å². The molecule has 2 rings (SSSR count). The number of fused-ring (bicyclic) bond motifs is 1. The lowest BCUT2D eigenvalue weighted by atomic mass is 10.1. The van der Waals surface area contributed by atoms with Crippen molar-refractivity contribution in [2.75, 3.05) is 0 Å². The minimum Gasteiger partial charge on any atom is -0.241 e. The average Bonchev–Trinajstić information content (AvgIpc) is 2.39.